The van der Waals surface area contributed by atoms with E-state index in [0.717, 1.165) is 0 Å². The summed E-state index contributed by atoms with van der Waals surface area (Å²) in [5.74, 6) is 2.78. The Labute approximate surface area is 80.1 Å². The number of amides is 1. The van der Waals surface area contributed by atoms with Crippen LogP contribution in [0.15, 0.2) is 0 Å². The minimum atomic E-state index is -0.0194. The van der Waals surface area contributed by atoms with Gasteiger partial charge in [0.15, 0.2) is 0 Å². The second-order valence-corrected chi connectivity index (χ2v) is 3.42. The Bertz CT molecular complexity index is 194. The number of nitrogens with two attached hydrogens (primary N) is 1. The van der Waals surface area contributed by atoms with Crippen molar-refractivity contribution in [1.29, 1.82) is 0 Å². The average molecular weight is 182 g/mol. The van der Waals surface area contributed by atoms with Gasteiger partial charge in [-0.2, -0.15) is 0 Å². The molecule has 74 valence electrons. The Hall–Kier alpha value is -1.01. The number of nitrogens with one attached hydrogen (secondary N) is 1. The molecule has 1 unspecified atom stereocenters. The summed E-state index contributed by atoms with van der Waals surface area (Å²) in [4.78, 5) is 11.1. The van der Waals surface area contributed by atoms with E-state index in [1.807, 2.05) is 13.8 Å². The summed E-state index contributed by atoms with van der Waals surface area (Å²) in [6.07, 6.45) is 5.91. The molecular weight excluding hydrogens is 164 g/mol. The first-order valence-electron chi connectivity index (χ1n) is 4.53. The van der Waals surface area contributed by atoms with Gasteiger partial charge in [0.1, 0.15) is 0 Å². The van der Waals surface area contributed by atoms with Gasteiger partial charge in [0.25, 0.3) is 0 Å². The summed E-state index contributed by atoms with van der Waals surface area (Å²) in [5.41, 5.74) is 5.74. The molecule has 0 aliphatic heterocycles. The Kier molecular flexibility index (Phi) is 5.99. The van der Waals surface area contributed by atoms with Crippen molar-refractivity contribution in [3.8, 4) is 12.3 Å². The molecule has 0 heterocycles. The van der Waals surface area contributed by atoms with Gasteiger partial charge in [0, 0.05) is 25.4 Å². The van der Waals surface area contributed by atoms with E-state index in [9.17, 15) is 4.79 Å². The van der Waals surface area contributed by atoms with Gasteiger partial charge in [-0.05, 0) is 5.92 Å². The first-order valence-corrected chi connectivity index (χ1v) is 4.53. The van der Waals surface area contributed by atoms with Gasteiger partial charge in [0.05, 0.1) is 0 Å². The van der Waals surface area contributed by atoms with Gasteiger partial charge < -0.3 is 11.1 Å². The number of carbonyl (C=O) groups excluding carboxylic acids is 1. The molecule has 0 fully saturated rings. The molecule has 0 aliphatic rings. The quantitative estimate of drug-likeness (QED) is 0.608. The number of hydrogen-bond acceptors (Lipinski definition) is 2. The van der Waals surface area contributed by atoms with E-state index in [2.05, 4.69) is 11.2 Å². The molecule has 0 spiro atoms. The average Bonchev–Trinajstić information content (AvgIpc) is 2.10. The predicted octanol–water partition coefficient (Wildman–Crippen LogP) is 0.499. The van der Waals surface area contributed by atoms with Gasteiger partial charge in [0.2, 0.25) is 5.91 Å². The summed E-state index contributed by atoms with van der Waals surface area (Å²) in [6, 6.07) is 0.0229. The molecule has 0 saturated heterocycles. The molecule has 0 aromatic heterocycles. The molecule has 0 rings (SSSR count). The van der Waals surface area contributed by atoms with Crippen LogP contribution in [-0.2, 0) is 4.79 Å². The Balaban J connectivity index is 3.53. The van der Waals surface area contributed by atoms with Gasteiger partial charge in [-0.15, -0.1) is 12.3 Å². The highest BCUT2D eigenvalue weighted by atomic mass is 16.1. The molecule has 0 aliphatic carbocycles. The summed E-state index contributed by atoms with van der Waals surface area (Å²) in [7, 11) is 0. The zero-order valence-electron chi connectivity index (χ0n) is 8.34. The normalized spacial score (nSPS) is 12.2. The summed E-state index contributed by atoms with van der Waals surface area (Å²) in [5, 5.41) is 2.74. The number of carbonyl (C=O) groups is 1. The van der Waals surface area contributed by atoms with Crippen molar-refractivity contribution in [1.82, 2.24) is 5.32 Å². The first kappa shape index (κ1) is 12.0. The number of terminal acetylenes is 1. The summed E-state index contributed by atoms with van der Waals surface area (Å²) >= 11 is 0. The van der Waals surface area contributed by atoms with Crippen LogP contribution in [0.4, 0.5) is 0 Å². The van der Waals surface area contributed by atoms with Crippen molar-refractivity contribution < 1.29 is 4.79 Å². The maximum atomic E-state index is 11.1. The molecule has 0 bridgehead atoms. The van der Waals surface area contributed by atoms with Gasteiger partial charge >= 0.3 is 0 Å². The first-order chi connectivity index (χ1) is 6.07. The van der Waals surface area contributed by atoms with Crippen LogP contribution in [0.2, 0.25) is 0 Å². The molecule has 0 saturated carbocycles. The molecular formula is C10H18N2O. The van der Waals surface area contributed by atoms with E-state index in [4.69, 9.17) is 12.2 Å². The van der Waals surface area contributed by atoms with Crippen LogP contribution in [-0.4, -0.2) is 18.5 Å². The molecule has 0 aromatic rings. The highest BCUT2D eigenvalue weighted by Crippen LogP contribution is 1.96. The maximum absolute atomic E-state index is 11.1. The number of rotatable bonds is 5. The van der Waals surface area contributed by atoms with Crippen LogP contribution in [0.3, 0.4) is 0 Å². The smallest absolute Gasteiger partial charge is 0.221 e. The van der Waals surface area contributed by atoms with Crippen molar-refractivity contribution in [3.63, 3.8) is 0 Å². The lowest BCUT2D eigenvalue weighted by molar-refractivity contribution is -0.121. The van der Waals surface area contributed by atoms with E-state index in [0.29, 0.717) is 25.3 Å². The fourth-order valence-electron chi connectivity index (χ4n) is 0.741. The van der Waals surface area contributed by atoms with Crippen LogP contribution < -0.4 is 11.1 Å². The van der Waals surface area contributed by atoms with E-state index in [1.165, 1.54) is 0 Å². The van der Waals surface area contributed by atoms with E-state index >= 15 is 0 Å². The predicted molar refractivity (Wildman–Crippen MR) is 53.9 cm³/mol. The molecule has 3 nitrogen and oxygen atoms in total. The molecule has 0 aromatic carbocycles. The lowest BCUT2D eigenvalue weighted by atomic mass is 10.1. The minimum absolute atomic E-state index is 0.0194. The van der Waals surface area contributed by atoms with Crippen LogP contribution >= 0.6 is 0 Å². The lowest BCUT2D eigenvalue weighted by Crippen LogP contribution is -2.40. The fourth-order valence-corrected chi connectivity index (χ4v) is 0.741. The fraction of sp³-hybridized carbons (Fsp3) is 0.700. The molecule has 13 heavy (non-hydrogen) atoms. The van der Waals surface area contributed by atoms with E-state index < -0.39 is 0 Å². The van der Waals surface area contributed by atoms with Crippen LogP contribution in [0.25, 0.3) is 0 Å². The molecule has 3 N–H and O–H groups in total. The lowest BCUT2D eigenvalue weighted by Gasteiger charge is -2.15. The minimum Gasteiger partial charge on any atom is -0.355 e. The van der Waals surface area contributed by atoms with Crippen molar-refractivity contribution in [3.05, 3.63) is 0 Å². The topological polar surface area (TPSA) is 55.1 Å². The zero-order valence-corrected chi connectivity index (χ0v) is 8.34. The van der Waals surface area contributed by atoms with Crippen molar-refractivity contribution >= 4 is 5.91 Å². The second-order valence-electron chi connectivity index (χ2n) is 3.42. The summed E-state index contributed by atoms with van der Waals surface area (Å²) < 4.78 is 0. The van der Waals surface area contributed by atoms with Crippen molar-refractivity contribution in [2.45, 2.75) is 32.7 Å². The van der Waals surface area contributed by atoms with Gasteiger partial charge in [-0.25, -0.2) is 0 Å². The third-order valence-electron chi connectivity index (χ3n) is 1.89. The van der Waals surface area contributed by atoms with E-state index in [-0.39, 0.29) is 11.9 Å². The van der Waals surface area contributed by atoms with Gasteiger partial charge in [-0.1, -0.05) is 13.8 Å². The van der Waals surface area contributed by atoms with Crippen molar-refractivity contribution in [2.24, 2.45) is 11.7 Å². The molecule has 3 heteroatoms. The monoisotopic (exact) mass is 182 g/mol. The maximum Gasteiger partial charge on any atom is 0.221 e. The summed E-state index contributed by atoms with van der Waals surface area (Å²) in [6.45, 7) is 4.58. The van der Waals surface area contributed by atoms with Gasteiger partial charge in [-0.3, -0.25) is 4.79 Å². The standard InChI is InChI=1S/C10H18N2O/c1-4-5-6-10(13)12-7-9(11)8(2)3/h1,8-9H,5-7,11H2,2-3H3,(H,12,13). The molecule has 1 atom stereocenters. The highest BCUT2D eigenvalue weighted by molar-refractivity contribution is 5.76. The largest absolute Gasteiger partial charge is 0.355 e. The third-order valence-corrected chi connectivity index (χ3v) is 1.89. The SMILES string of the molecule is C#CCCC(=O)NCC(N)C(C)C. The van der Waals surface area contributed by atoms with E-state index in [1.54, 1.807) is 0 Å². The Morgan fingerprint density at radius 3 is 2.69 bits per heavy atom. The number of hydrogen-bond donors (Lipinski definition) is 2. The van der Waals surface area contributed by atoms with Crippen molar-refractivity contribution in [2.75, 3.05) is 6.54 Å². The Morgan fingerprint density at radius 2 is 2.23 bits per heavy atom. The molecule has 1 amide bonds. The third kappa shape index (κ3) is 6.18. The molecule has 0 radical (unpaired) electrons. The highest BCUT2D eigenvalue weighted by Gasteiger charge is 2.08. The van der Waals surface area contributed by atoms with Crippen LogP contribution in [0, 0.1) is 18.3 Å². The Morgan fingerprint density at radius 1 is 1.62 bits per heavy atom. The second kappa shape index (κ2) is 6.50. The zero-order chi connectivity index (χ0) is 10.3. The van der Waals surface area contributed by atoms with Crippen LogP contribution in [0.1, 0.15) is 26.7 Å². The van der Waals surface area contributed by atoms with Crippen LogP contribution in [0.5, 0.6) is 0 Å².